The van der Waals surface area contributed by atoms with Crippen molar-refractivity contribution in [2.75, 3.05) is 6.54 Å². The number of ether oxygens (including phenoxy) is 1. The number of aliphatic hydroxyl groups excluding tert-OH is 1. The highest BCUT2D eigenvalue weighted by Gasteiger charge is 2.30. The summed E-state index contributed by atoms with van der Waals surface area (Å²) in [5, 5.41) is 9.92. The van der Waals surface area contributed by atoms with Crippen molar-refractivity contribution < 1.29 is 14.6 Å². The van der Waals surface area contributed by atoms with E-state index in [4.69, 9.17) is 10.5 Å². The minimum atomic E-state index is -0.893. The van der Waals surface area contributed by atoms with E-state index >= 15 is 0 Å². The zero-order valence-electron chi connectivity index (χ0n) is 11.8. The average Bonchev–Trinajstić information content (AvgIpc) is 2.34. The van der Waals surface area contributed by atoms with Gasteiger partial charge in [0.1, 0.15) is 5.60 Å². The highest BCUT2D eigenvalue weighted by Crippen LogP contribution is 2.18. The first-order valence-corrected chi connectivity index (χ1v) is 6.48. The van der Waals surface area contributed by atoms with Gasteiger partial charge in [0.2, 0.25) is 0 Å². The first kappa shape index (κ1) is 15.7. The summed E-state index contributed by atoms with van der Waals surface area (Å²) in [4.78, 5) is 12.1. The van der Waals surface area contributed by atoms with Crippen molar-refractivity contribution in [3.63, 3.8) is 0 Å². The standard InChI is InChI=1S/C15H23NO3/c1-15(2,3)19-14(18)12(13(17)10-16)9-11-7-5-4-6-8-11/h4-8,12-13,17H,9-10,16H2,1-3H3/t12-,13+/m0/s1. The third-order valence-electron chi connectivity index (χ3n) is 2.71. The quantitative estimate of drug-likeness (QED) is 0.791. The SMILES string of the molecule is CC(C)(C)OC(=O)[C@@H](Cc1ccccc1)[C@H](O)CN. The van der Waals surface area contributed by atoms with E-state index in [1.165, 1.54) is 0 Å². The molecule has 0 aliphatic rings. The molecule has 4 nitrogen and oxygen atoms in total. The molecule has 2 atom stereocenters. The van der Waals surface area contributed by atoms with E-state index in [0.717, 1.165) is 5.56 Å². The molecule has 0 radical (unpaired) electrons. The summed E-state index contributed by atoms with van der Waals surface area (Å²) in [5.74, 6) is -1.04. The van der Waals surface area contributed by atoms with Gasteiger partial charge in [0.25, 0.3) is 0 Å². The summed E-state index contributed by atoms with van der Waals surface area (Å²) in [5.41, 5.74) is 5.88. The Balaban J connectivity index is 2.81. The minimum absolute atomic E-state index is 0.0384. The van der Waals surface area contributed by atoms with Gasteiger partial charge < -0.3 is 15.6 Å². The van der Waals surface area contributed by atoms with E-state index in [1.807, 2.05) is 30.3 Å². The van der Waals surface area contributed by atoms with Crippen LogP contribution in [-0.2, 0) is 16.0 Å². The molecule has 19 heavy (non-hydrogen) atoms. The molecule has 0 saturated heterocycles. The first-order valence-electron chi connectivity index (χ1n) is 6.48. The molecule has 0 saturated carbocycles. The van der Waals surface area contributed by atoms with E-state index in [2.05, 4.69) is 0 Å². The van der Waals surface area contributed by atoms with Crippen LogP contribution in [-0.4, -0.2) is 29.3 Å². The van der Waals surface area contributed by atoms with E-state index in [0.29, 0.717) is 6.42 Å². The fraction of sp³-hybridized carbons (Fsp3) is 0.533. The second-order valence-electron chi connectivity index (χ2n) is 5.63. The van der Waals surface area contributed by atoms with Gasteiger partial charge in [-0.25, -0.2) is 0 Å². The molecule has 0 heterocycles. The van der Waals surface area contributed by atoms with Crippen molar-refractivity contribution in [1.29, 1.82) is 0 Å². The molecule has 4 heteroatoms. The molecule has 0 aromatic heterocycles. The van der Waals surface area contributed by atoms with E-state index in [-0.39, 0.29) is 6.54 Å². The van der Waals surface area contributed by atoms with Crippen LogP contribution in [0.3, 0.4) is 0 Å². The van der Waals surface area contributed by atoms with Crippen molar-refractivity contribution in [1.82, 2.24) is 0 Å². The Morgan fingerprint density at radius 2 is 1.89 bits per heavy atom. The molecule has 1 rings (SSSR count). The van der Waals surface area contributed by atoms with Gasteiger partial charge >= 0.3 is 5.97 Å². The Bertz CT molecular complexity index is 398. The Morgan fingerprint density at radius 3 is 2.37 bits per heavy atom. The molecule has 106 valence electrons. The van der Waals surface area contributed by atoms with Gasteiger partial charge in [0.15, 0.2) is 0 Å². The molecule has 0 bridgehead atoms. The van der Waals surface area contributed by atoms with Crippen molar-refractivity contribution in [2.45, 2.75) is 38.9 Å². The van der Waals surface area contributed by atoms with Crippen LogP contribution in [0, 0.1) is 5.92 Å². The van der Waals surface area contributed by atoms with Crippen LogP contribution < -0.4 is 5.73 Å². The third-order valence-corrected chi connectivity index (χ3v) is 2.71. The highest BCUT2D eigenvalue weighted by molar-refractivity contribution is 5.74. The molecule has 0 amide bonds. The molecular formula is C15H23NO3. The van der Waals surface area contributed by atoms with Crippen LogP contribution in [0.1, 0.15) is 26.3 Å². The molecule has 0 aliphatic carbocycles. The lowest BCUT2D eigenvalue weighted by Crippen LogP contribution is -2.39. The number of benzene rings is 1. The van der Waals surface area contributed by atoms with E-state index in [9.17, 15) is 9.90 Å². The lowest BCUT2D eigenvalue weighted by atomic mass is 9.93. The molecule has 3 N–H and O–H groups in total. The zero-order chi connectivity index (χ0) is 14.5. The predicted octanol–water partition coefficient (Wildman–Crippen LogP) is 1.51. The Morgan fingerprint density at radius 1 is 1.32 bits per heavy atom. The average molecular weight is 265 g/mol. The van der Waals surface area contributed by atoms with Crippen molar-refractivity contribution in [3.05, 3.63) is 35.9 Å². The van der Waals surface area contributed by atoms with Gasteiger partial charge in [-0.2, -0.15) is 0 Å². The van der Waals surface area contributed by atoms with Crippen LogP contribution in [0.15, 0.2) is 30.3 Å². The van der Waals surface area contributed by atoms with Crippen molar-refractivity contribution in [3.8, 4) is 0 Å². The van der Waals surface area contributed by atoms with Gasteiger partial charge in [-0.3, -0.25) is 4.79 Å². The van der Waals surface area contributed by atoms with Gasteiger partial charge in [-0.1, -0.05) is 30.3 Å². The zero-order valence-corrected chi connectivity index (χ0v) is 11.8. The lowest BCUT2D eigenvalue weighted by Gasteiger charge is -2.26. The lowest BCUT2D eigenvalue weighted by molar-refractivity contribution is -0.163. The second kappa shape index (κ2) is 6.68. The van der Waals surface area contributed by atoms with Gasteiger partial charge in [-0.05, 0) is 32.8 Å². The number of esters is 1. The topological polar surface area (TPSA) is 72.5 Å². The smallest absolute Gasteiger partial charge is 0.312 e. The molecule has 0 fully saturated rings. The number of hydrogen-bond donors (Lipinski definition) is 2. The van der Waals surface area contributed by atoms with E-state index < -0.39 is 23.6 Å². The molecule has 0 spiro atoms. The monoisotopic (exact) mass is 265 g/mol. The normalized spacial score (nSPS) is 14.8. The van der Waals surface area contributed by atoms with Crippen LogP contribution >= 0.6 is 0 Å². The van der Waals surface area contributed by atoms with Gasteiger partial charge in [-0.15, -0.1) is 0 Å². The number of nitrogens with two attached hydrogens (primary N) is 1. The fourth-order valence-electron chi connectivity index (χ4n) is 1.79. The Kier molecular flexibility index (Phi) is 5.51. The highest BCUT2D eigenvalue weighted by atomic mass is 16.6. The maximum absolute atomic E-state index is 12.1. The van der Waals surface area contributed by atoms with Gasteiger partial charge in [0, 0.05) is 6.54 Å². The maximum Gasteiger partial charge on any atom is 0.312 e. The van der Waals surface area contributed by atoms with Crippen LogP contribution in [0.2, 0.25) is 0 Å². The molecule has 0 aliphatic heterocycles. The molecule has 1 aromatic carbocycles. The Labute approximate surface area is 114 Å². The summed E-state index contributed by atoms with van der Waals surface area (Å²) < 4.78 is 5.34. The Hall–Kier alpha value is -1.39. The summed E-state index contributed by atoms with van der Waals surface area (Å²) in [6.45, 7) is 5.45. The van der Waals surface area contributed by atoms with Crippen LogP contribution in [0.5, 0.6) is 0 Å². The largest absolute Gasteiger partial charge is 0.460 e. The van der Waals surface area contributed by atoms with Crippen molar-refractivity contribution in [2.24, 2.45) is 11.7 Å². The number of aliphatic hydroxyl groups is 1. The third kappa shape index (κ3) is 5.41. The summed E-state index contributed by atoms with van der Waals surface area (Å²) in [6.07, 6.45) is -0.469. The summed E-state index contributed by atoms with van der Waals surface area (Å²) in [6, 6.07) is 9.54. The summed E-state index contributed by atoms with van der Waals surface area (Å²) >= 11 is 0. The van der Waals surface area contributed by atoms with Crippen molar-refractivity contribution >= 4 is 5.97 Å². The fourth-order valence-corrected chi connectivity index (χ4v) is 1.79. The maximum atomic E-state index is 12.1. The molecule has 1 aromatic rings. The van der Waals surface area contributed by atoms with Gasteiger partial charge in [0.05, 0.1) is 12.0 Å². The summed E-state index contributed by atoms with van der Waals surface area (Å²) in [7, 11) is 0. The second-order valence-corrected chi connectivity index (χ2v) is 5.63. The molecular weight excluding hydrogens is 242 g/mol. The number of carbonyl (C=O) groups is 1. The number of hydrogen-bond acceptors (Lipinski definition) is 4. The first-order chi connectivity index (χ1) is 8.83. The van der Waals surface area contributed by atoms with Crippen LogP contribution in [0.4, 0.5) is 0 Å². The molecule has 0 unspecified atom stereocenters. The van der Waals surface area contributed by atoms with E-state index in [1.54, 1.807) is 20.8 Å². The number of rotatable bonds is 5. The number of carbonyl (C=O) groups excluding carboxylic acids is 1. The minimum Gasteiger partial charge on any atom is -0.460 e. The predicted molar refractivity (Wildman–Crippen MR) is 74.5 cm³/mol. The van der Waals surface area contributed by atoms with Crippen LogP contribution in [0.25, 0.3) is 0 Å².